The molecule has 0 saturated carbocycles. The molecule has 164 valence electrons. The van der Waals surface area contributed by atoms with Crippen LogP contribution in [0.25, 0.3) is 0 Å². The first kappa shape index (κ1) is 22.2. The van der Waals surface area contributed by atoms with Crippen LogP contribution in [0, 0.1) is 0 Å². The van der Waals surface area contributed by atoms with E-state index in [9.17, 15) is 27.4 Å². The number of nitrogens with zero attached hydrogens (tertiary/aromatic N) is 2. The van der Waals surface area contributed by atoms with Crippen LogP contribution in [0.15, 0.2) is 23.1 Å². The van der Waals surface area contributed by atoms with E-state index >= 15 is 0 Å². The van der Waals surface area contributed by atoms with Crippen molar-refractivity contribution >= 4 is 33.6 Å². The number of rotatable bonds is 8. The van der Waals surface area contributed by atoms with Crippen molar-refractivity contribution in [2.75, 3.05) is 18.0 Å². The lowest BCUT2D eigenvalue weighted by molar-refractivity contribution is -0.197. The van der Waals surface area contributed by atoms with Crippen LogP contribution in [-0.4, -0.2) is 48.9 Å². The zero-order valence-electron chi connectivity index (χ0n) is 17.1. The van der Waals surface area contributed by atoms with E-state index in [1.165, 1.54) is 12.1 Å². The van der Waals surface area contributed by atoms with Crippen LogP contribution < -0.4 is 4.90 Å². The fraction of sp³-hybridized carbons (Fsp3) is 0.550. The molecule has 1 fully saturated rings. The van der Waals surface area contributed by atoms with Gasteiger partial charge in [-0.1, -0.05) is 20.3 Å². The fourth-order valence-corrected chi connectivity index (χ4v) is 4.40. The second-order valence-corrected chi connectivity index (χ2v) is 9.74. The lowest BCUT2D eigenvalue weighted by atomic mass is 9.87. The van der Waals surface area contributed by atoms with Crippen molar-refractivity contribution in [3.63, 3.8) is 0 Å². The summed E-state index contributed by atoms with van der Waals surface area (Å²) in [4.78, 5) is 41.6. The summed E-state index contributed by atoms with van der Waals surface area (Å²) >= 11 is 0. The Kier molecular flexibility index (Phi) is 6.19. The molecule has 2 aliphatic rings. The second-order valence-electron chi connectivity index (χ2n) is 8.32. The lowest BCUT2D eigenvalue weighted by Gasteiger charge is -2.22. The van der Waals surface area contributed by atoms with Gasteiger partial charge in [0, 0.05) is 43.5 Å². The number of hydroxylamine groups is 2. The Morgan fingerprint density at radius 2 is 1.80 bits per heavy atom. The second kappa shape index (κ2) is 8.35. The zero-order valence-corrected chi connectivity index (χ0v) is 17.9. The molecule has 2 aliphatic heterocycles. The van der Waals surface area contributed by atoms with Gasteiger partial charge in [0.05, 0.1) is 4.90 Å². The first-order chi connectivity index (χ1) is 14.0. The highest BCUT2D eigenvalue weighted by atomic mass is 32.2. The summed E-state index contributed by atoms with van der Waals surface area (Å²) in [5.74, 6) is -1.56. The summed E-state index contributed by atoms with van der Waals surface area (Å²) in [6.07, 6.45) is 2.41. The van der Waals surface area contributed by atoms with Gasteiger partial charge < -0.3 is 9.74 Å². The summed E-state index contributed by atoms with van der Waals surface area (Å²) in [5.41, 5.74) is 1.56. The third kappa shape index (κ3) is 4.81. The highest BCUT2D eigenvalue weighted by Gasteiger charge is 2.36. The van der Waals surface area contributed by atoms with Crippen LogP contribution in [0.3, 0.4) is 0 Å². The number of benzene rings is 1. The molecular formula is C20H26N2O7S. The maximum atomic E-state index is 11.8. The van der Waals surface area contributed by atoms with Crippen molar-refractivity contribution in [1.29, 1.82) is 0 Å². The Balaban J connectivity index is 1.48. The van der Waals surface area contributed by atoms with Gasteiger partial charge in [-0.3, -0.25) is 14.1 Å². The monoisotopic (exact) mass is 438 g/mol. The first-order valence-corrected chi connectivity index (χ1v) is 11.4. The number of hydrogen-bond donors (Lipinski definition) is 1. The Labute approximate surface area is 175 Å². The number of unbranched alkanes of at least 4 members (excludes halogenated alkanes) is 2. The minimum absolute atomic E-state index is 0.0749. The van der Waals surface area contributed by atoms with Crippen molar-refractivity contribution in [3.8, 4) is 0 Å². The number of hydrogen-bond acceptors (Lipinski definition) is 7. The quantitative estimate of drug-likeness (QED) is 0.372. The number of fused-ring (bicyclic) bond motifs is 1. The van der Waals surface area contributed by atoms with E-state index in [0.717, 1.165) is 37.2 Å². The Morgan fingerprint density at radius 3 is 2.43 bits per heavy atom. The minimum Gasteiger partial charge on any atom is -0.370 e. The maximum absolute atomic E-state index is 11.8. The fourth-order valence-electron chi connectivity index (χ4n) is 3.89. The summed E-state index contributed by atoms with van der Waals surface area (Å²) in [5, 5.41) is 0.562. The van der Waals surface area contributed by atoms with E-state index in [0.29, 0.717) is 11.5 Å². The Hall–Kier alpha value is -2.46. The smallest absolute Gasteiger partial charge is 0.333 e. The average Bonchev–Trinajstić information content (AvgIpc) is 3.11. The number of amides is 2. The molecule has 0 bridgehead atoms. The molecule has 1 aromatic carbocycles. The van der Waals surface area contributed by atoms with Crippen molar-refractivity contribution in [2.24, 2.45) is 0 Å². The molecule has 0 atom stereocenters. The maximum Gasteiger partial charge on any atom is 0.333 e. The highest BCUT2D eigenvalue weighted by molar-refractivity contribution is 7.85. The van der Waals surface area contributed by atoms with Crippen molar-refractivity contribution in [1.82, 2.24) is 5.06 Å². The van der Waals surface area contributed by atoms with Crippen LogP contribution in [0.2, 0.25) is 0 Å². The third-order valence-corrected chi connectivity index (χ3v) is 6.28. The number of anilines is 1. The standard InChI is InChI=1S/C20H26N2O7S/c1-20(2)13-21(16-8-7-14(12-15(16)20)30(26,27)28)11-5-3-4-6-19(25)29-22-17(23)9-10-18(22)24/h7-8,12H,3-6,9-11,13H2,1-2H3,(H,26,27,28). The average molecular weight is 439 g/mol. The minimum atomic E-state index is -4.25. The van der Waals surface area contributed by atoms with Gasteiger partial charge in [-0.25, -0.2) is 4.79 Å². The van der Waals surface area contributed by atoms with E-state index in [2.05, 4.69) is 4.90 Å². The SMILES string of the molecule is CC1(C)CN(CCCCCC(=O)ON2C(=O)CCC2=O)c2ccc(S(=O)(=O)O)cc21. The number of carbonyl (C=O) groups excluding carboxylic acids is 3. The molecule has 1 aromatic rings. The van der Waals surface area contributed by atoms with Crippen molar-refractivity contribution < 1.29 is 32.2 Å². The molecule has 30 heavy (non-hydrogen) atoms. The number of carbonyl (C=O) groups is 3. The van der Waals surface area contributed by atoms with Crippen LogP contribution in [0.5, 0.6) is 0 Å². The lowest BCUT2D eigenvalue weighted by Crippen LogP contribution is -2.32. The molecule has 0 radical (unpaired) electrons. The molecule has 2 amide bonds. The Bertz CT molecular complexity index is 955. The van der Waals surface area contributed by atoms with Gasteiger partial charge in [-0.2, -0.15) is 8.42 Å². The van der Waals surface area contributed by atoms with E-state index in [1.807, 2.05) is 13.8 Å². The summed E-state index contributed by atoms with van der Waals surface area (Å²) in [6.45, 7) is 5.51. The van der Waals surface area contributed by atoms with Gasteiger partial charge in [0.2, 0.25) is 0 Å². The molecule has 2 heterocycles. The summed E-state index contributed by atoms with van der Waals surface area (Å²) < 4.78 is 32.2. The highest BCUT2D eigenvalue weighted by Crippen LogP contribution is 2.41. The third-order valence-electron chi connectivity index (χ3n) is 5.43. The molecule has 3 rings (SSSR count). The molecule has 0 aliphatic carbocycles. The van der Waals surface area contributed by atoms with Gasteiger partial charge in [-0.05, 0) is 36.6 Å². The van der Waals surface area contributed by atoms with Crippen LogP contribution in [0.4, 0.5) is 5.69 Å². The topological polar surface area (TPSA) is 121 Å². The summed E-state index contributed by atoms with van der Waals surface area (Å²) in [7, 11) is -4.25. The molecule has 0 spiro atoms. The summed E-state index contributed by atoms with van der Waals surface area (Å²) in [6, 6.07) is 4.65. The van der Waals surface area contributed by atoms with E-state index in [1.54, 1.807) is 6.07 Å². The van der Waals surface area contributed by atoms with Crippen LogP contribution >= 0.6 is 0 Å². The molecule has 0 aromatic heterocycles. The molecule has 0 unspecified atom stereocenters. The molecule has 1 saturated heterocycles. The van der Waals surface area contributed by atoms with Gasteiger partial charge >= 0.3 is 5.97 Å². The van der Waals surface area contributed by atoms with Crippen LogP contribution in [-0.2, 0) is 34.8 Å². The van der Waals surface area contributed by atoms with Gasteiger partial charge in [0.1, 0.15) is 0 Å². The zero-order chi connectivity index (χ0) is 22.1. The molecule has 9 nitrogen and oxygen atoms in total. The largest absolute Gasteiger partial charge is 0.370 e. The van der Waals surface area contributed by atoms with E-state index in [-0.39, 0.29) is 29.6 Å². The van der Waals surface area contributed by atoms with Gasteiger partial charge in [0.15, 0.2) is 0 Å². The van der Waals surface area contributed by atoms with E-state index in [4.69, 9.17) is 4.84 Å². The van der Waals surface area contributed by atoms with Crippen LogP contribution in [0.1, 0.15) is 57.9 Å². The Morgan fingerprint density at radius 1 is 1.13 bits per heavy atom. The predicted octanol–water partition coefficient (Wildman–Crippen LogP) is 2.20. The predicted molar refractivity (Wildman–Crippen MR) is 107 cm³/mol. The normalized spacial score (nSPS) is 18.1. The van der Waals surface area contributed by atoms with Gasteiger partial charge in [0.25, 0.3) is 21.9 Å². The first-order valence-electron chi connectivity index (χ1n) is 9.92. The van der Waals surface area contributed by atoms with Crippen molar-refractivity contribution in [3.05, 3.63) is 23.8 Å². The molecule has 1 N–H and O–H groups in total. The van der Waals surface area contributed by atoms with Gasteiger partial charge in [-0.15, -0.1) is 5.06 Å². The molecule has 10 heteroatoms. The van der Waals surface area contributed by atoms with Crippen molar-refractivity contribution in [2.45, 2.75) is 62.7 Å². The number of imide groups is 1. The van der Waals surface area contributed by atoms with E-state index < -0.39 is 27.9 Å². The molecular weight excluding hydrogens is 412 g/mol.